The zero-order valence-corrected chi connectivity index (χ0v) is 24.3. The Morgan fingerprint density at radius 3 is 2.31 bits per heavy atom. The van der Waals surface area contributed by atoms with Crippen LogP contribution in [0.15, 0.2) is 105 Å². The molecular weight excluding hydrogens is 596 g/mol. The number of nitrogens with one attached hydrogen (secondary N) is 1. The fourth-order valence-electron chi connectivity index (χ4n) is 4.73. The third-order valence-electron chi connectivity index (χ3n) is 6.70. The number of nitrogens with zero attached hydrogens (tertiary/aromatic N) is 3. The Labute approximate surface area is 253 Å². The van der Waals surface area contributed by atoms with E-state index in [9.17, 15) is 18.8 Å². The molecule has 2 aliphatic rings. The van der Waals surface area contributed by atoms with Gasteiger partial charge in [0.05, 0.1) is 6.42 Å². The van der Waals surface area contributed by atoms with Gasteiger partial charge in [-0.1, -0.05) is 95.9 Å². The van der Waals surface area contributed by atoms with Crippen molar-refractivity contribution in [3.05, 3.63) is 124 Å². The van der Waals surface area contributed by atoms with Gasteiger partial charge >= 0.3 is 5.97 Å². The maximum Gasteiger partial charge on any atom is 0.356 e. The Morgan fingerprint density at radius 2 is 1.69 bits per heavy atom. The average Bonchev–Trinajstić information content (AvgIpc) is 3.53. The van der Waals surface area contributed by atoms with Crippen LogP contribution < -0.4 is 5.32 Å². The van der Waals surface area contributed by atoms with E-state index < -0.39 is 35.2 Å². The fraction of sp³-hybridized carbons (Fsp3) is 0.167. The Bertz CT molecular complexity index is 1580. The summed E-state index contributed by atoms with van der Waals surface area (Å²) >= 11 is 4.06. The van der Waals surface area contributed by atoms with Crippen molar-refractivity contribution in [1.82, 2.24) is 20.4 Å². The highest BCUT2D eigenvalue weighted by atomic mass is 32.2. The number of fused-ring (bicyclic) bond motifs is 1. The summed E-state index contributed by atoms with van der Waals surface area (Å²) in [7, 11) is 0. The molecule has 1 aromatic heterocycles. The topological polar surface area (TPSA) is 101 Å². The SMILES string of the molecule is O=C(Cc1ccc(F)cc1)N[C@@H]1C(=O)N2C(C(=O)OC(c3ccccc3)c3ccccc3)=C(Sc3nncs3)CS[C@H]12. The first-order chi connectivity index (χ1) is 20.5. The summed E-state index contributed by atoms with van der Waals surface area (Å²) in [6.45, 7) is 0. The Balaban J connectivity index is 1.26. The highest BCUT2D eigenvalue weighted by Crippen LogP contribution is 2.46. The van der Waals surface area contributed by atoms with Gasteiger partial charge in [-0.2, -0.15) is 0 Å². The molecule has 3 aromatic carbocycles. The van der Waals surface area contributed by atoms with Crippen molar-refractivity contribution >= 4 is 52.6 Å². The molecule has 2 aliphatic heterocycles. The summed E-state index contributed by atoms with van der Waals surface area (Å²) < 4.78 is 20.0. The minimum atomic E-state index is -0.808. The molecule has 0 aliphatic carbocycles. The molecule has 4 aromatic rings. The number of ether oxygens (including phenoxy) is 1. The van der Waals surface area contributed by atoms with Gasteiger partial charge in [-0.15, -0.1) is 22.0 Å². The van der Waals surface area contributed by atoms with E-state index >= 15 is 0 Å². The number of hydrogen-bond donors (Lipinski definition) is 1. The monoisotopic (exact) mass is 618 g/mol. The Hall–Kier alpha value is -4.00. The van der Waals surface area contributed by atoms with Gasteiger partial charge in [0.25, 0.3) is 5.91 Å². The molecule has 1 saturated heterocycles. The molecule has 42 heavy (non-hydrogen) atoms. The first-order valence-corrected chi connectivity index (χ1v) is 15.7. The van der Waals surface area contributed by atoms with Crippen molar-refractivity contribution in [2.75, 3.05) is 5.75 Å². The number of benzene rings is 3. The number of esters is 1. The van der Waals surface area contributed by atoms with E-state index in [2.05, 4.69) is 15.5 Å². The molecule has 0 bridgehead atoms. The highest BCUT2D eigenvalue weighted by molar-refractivity contribution is 8.07. The highest BCUT2D eigenvalue weighted by Gasteiger charge is 2.55. The van der Waals surface area contributed by atoms with Crippen molar-refractivity contribution in [3.8, 4) is 0 Å². The van der Waals surface area contributed by atoms with Crippen molar-refractivity contribution in [3.63, 3.8) is 0 Å². The van der Waals surface area contributed by atoms with E-state index in [1.807, 2.05) is 60.7 Å². The van der Waals surface area contributed by atoms with Crippen LogP contribution >= 0.6 is 34.9 Å². The molecule has 0 unspecified atom stereocenters. The number of halogens is 1. The van der Waals surface area contributed by atoms with Crippen LogP contribution in [0.2, 0.25) is 0 Å². The number of carbonyl (C=O) groups is 3. The van der Waals surface area contributed by atoms with Crippen LogP contribution in [-0.4, -0.2) is 50.0 Å². The molecule has 0 spiro atoms. The van der Waals surface area contributed by atoms with Crippen LogP contribution in [0.5, 0.6) is 0 Å². The lowest BCUT2D eigenvalue weighted by Crippen LogP contribution is -2.70. The lowest BCUT2D eigenvalue weighted by atomic mass is 10.0. The fourth-order valence-corrected chi connectivity index (χ4v) is 7.84. The summed E-state index contributed by atoms with van der Waals surface area (Å²) in [6.07, 6.45) is -0.698. The van der Waals surface area contributed by atoms with Crippen LogP contribution in [0.4, 0.5) is 4.39 Å². The van der Waals surface area contributed by atoms with Crippen LogP contribution in [0, 0.1) is 5.82 Å². The predicted octanol–water partition coefficient (Wildman–Crippen LogP) is 4.96. The van der Waals surface area contributed by atoms with Crippen LogP contribution in [-0.2, 0) is 25.5 Å². The van der Waals surface area contributed by atoms with E-state index in [0.717, 1.165) is 11.1 Å². The minimum Gasteiger partial charge on any atom is -0.448 e. The summed E-state index contributed by atoms with van der Waals surface area (Å²) in [5, 5.41) is 10.3. The molecule has 3 heterocycles. The molecular formula is C30H23FN4O4S3. The number of rotatable bonds is 9. The average molecular weight is 619 g/mol. The Kier molecular flexibility index (Phi) is 8.36. The normalized spacial score (nSPS) is 18.0. The molecule has 1 fully saturated rings. The van der Waals surface area contributed by atoms with E-state index in [1.54, 1.807) is 5.51 Å². The summed E-state index contributed by atoms with van der Waals surface area (Å²) in [4.78, 5) is 42.3. The van der Waals surface area contributed by atoms with Crippen molar-refractivity contribution < 1.29 is 23.5 Å². The molecule has 0 radical (unpaired) electrons. The number of thioether (sulfide) groups is 2. The van der Waals surface area contributed by atoms with Gasteiger partial charge in [0.1, 0.15) is 28.4 Å². The quantitative estimate of drug-likeness (QED) is 0.208. The summed E-state index contributed by atoms with van der Waals surface area (Å²) in [6, 6.07) is 23.6. The van der Waals surface area contributed by atoms with E-state index in [1.165, 1.54) is 64.0 Å². The molecule has 6 rings (SSSR count). The second kappa shape index (κ2) is 12.5. The van der Waals surface area contributed by atoms with Gasteiger partial charge in [0.15, 0.2) is 10.4 Å². The number of amides is 2. The third kappa shape index (κ3) is 5.96. The maximum atomic E-state index is 14.0. The van der Waals surface area contributed by atoms with Gasteiger partial charge in [-0.05, 0) is 28.8 Å². The molecule has 8 nitrogen and oxygen atoms in total. The minimum absolute atomic E-state index is 0.000164. The van der Waals surface area contributed by atoms with Crippen molar-refractivity contribution in [1.29, 1.82) is 0 Å². The van der Waals surface area contributed by atoms with E-state index in [4.69, 9.17) is 4.74 Å². The molecule has 2 atom stereocenters. The molecule has 2 amide bonds. The zero-order chi connectivity index (χ0) is 29.1. The number of hydrogen-bond acceptors (Lipinski definition) is 9. The first-order valence-electron chi connectivity index (χ1n) is 12.9. The van der Waals surface area contributed by atoms with E-state index in [-0.39, 0.29) is 18.0 Å². The maximum absolute atomic E-state index is 14.0. The zero-order valence-electron chi connectivity index (χ0n) is 21.9. The largest absolute Gasteiger partial charge is 0.448 e. The number of aromatic nitrogens is 2. The second-order valence-corrected chi connectivity index (χ2v) is 12.7. The predicted molar refractivity (Wildman–Crippen MR) is 159 cm³/mol. The first kappa shape index (κ1) is 28.1. The van der Waals surface area contributed by atoms with Gasteiger partial charge in [-0.25, -0.2) is 9.18 Å². The van der Waals surface area contributed by atoms with Crippen LogP contribution in [0.3, 0.4) is 0 Å². The van der Waals surface area contributed by atoms with Gasteiger partial charge in [-0.3, -0.25) is 14.5 Å². The molecule has 0 saturated carbocycles. The third-order valence-corrected chi connectivity index (χ3v) is 10.0. The smallest absolute Gasteiger partial charge is 0.356 e. The lowest BCUT2D eigenvalue weighted by Gasteiger charge is -2.49. The van der Waals surface area contributed by atoms with Gasteiger partial charge < -0.3 is 10.1 Å². The van der Waals surface area contributed by atoms with Crippen LogP contribution in [0.25, 0.3) is 0 Å². The molecule has 12 heteroatoms. The van der Waals surface area contributed by atoms with Gasteiger partial charge in [0, 0.05) is 10.7 Å². The Morgan fingerprint density at radius 1 is 1.02 bits per heavy atom. The van der Waals surface area contributed by atoms with E-state index in [0.29, 0.717) is 20.6 Å². The van der Waals surface area contributed by atoms with Crippen LogP contribution in [0.1, 0.15) is 22.8 Å². The second-order valence-electron chi connectivity index (χ2n) is 9.44. The summed E-state index contributed by atoms with van der Waals surface area (Å²) in [5.41, 5.74) is 3.95. The molecule has 212 valence electrons. The lowest BCUT2D eigenvalue weighted by molar-refractivity contribution is -0.154. The van der Waals surface area contributed by atoms with Crippen molar-refractivity contribution in [2.45, 2.75) is 28.3 Å². The molecule has 1 N–H and O–H groups in total. The van der Waals surface area contributed by atoms with Crippen molar-refractivity contribution in [2.24, 2.45) is 0 Å². The summed E-state index contributed by atoms with van der Waals surface area (Å²) in [5.74, 6) is -1.39. The van der Waals surface area contributed by atoms with Gasteiger partial charge in [0.2, 0.25) is 5.91 Å². The number of carbonyl (C=O) groups excluding carboxylic acids is 3. The number of β-lactam (4-membered cyclic amide) rings is 1. The standard InChI is InChI=1S/C30H23FN4O4S3/c31-21-13-11-18(12-14-21)15-23(36)33-24-27(37)35-25(22(16-40-28(24)35)42-30-34-32-17-41-30)29(38)39-26(19-7-3-1-4-8-19)20-9-5-2-6-10-20/h1-14,17,24,26,28H,15-16H2,(H,33,36)/t24-,28-/m1/s1.